The highest BCUT2D eigenvalue weighted by molar-refractivity contribution is 4.68. The monoisotopic (exact) mass is 197 g/mol. The van der Waals surface area contributed by atoms with Crippen molar-refractivity contribution in [1.29, 1.82) is 0 Å². The zero-order valence-corrected chi connectivity index (χ0v) is 10.1. The van der Waals surface area contributed by atoms with Crippen LogP contribution in [0.2, 0.25) is 0 Å². The van der Waals surface area contributed by atoms with Crippen LogP contribution in [0.4, 0.5) is 0 Å². The molecule has 1 aliphatic rings. The molecule has 0 aromatic rings. The van der Waals surface area contributed by atoms with Crippen molar-refractivity contribution in [1.82, 2.24) is 4.90 Å². The van der Waals surface area contributed by atoms with E-state index in [1.54, 1.807) is 0 Å². The molecule has 1 fully saturated rings. The van der Waals surface area contributed by atoms with E-state index in [-0.39, 0.29) is 0 Å². The smallest absolute Gasteiger partial charge is 0.000954 e. The van der Waals surface area contributed by atoms with Crippen LogP contribution in [0.1, 0.15) is 58.8 Å². The molecule has 84 valence electrons. The van der Waals surface area contributed by atoms with Gasteiger partial charge in [-0.25, -0.2) is 0 Å². The minimum Gasteiger partial charge on any atom is -0.303 e. The summed E-state index contributed by atoms with van der Waals surface area (Å²) in [6.45, 7) is 8.49. The Labute approximate surface area is 89.9 Å². The second kappa shape index (κ2) is 7.28. The van der Waals surface area contributed by atoms with Crippen molar-refractivity contribution < 1.29 is 0 Å². The molecule has 1 saturated carbocycles. The molecule has 0 amide bonds. The molecule has 1 aliphatic carbocycles. The van der Waals surface area contributed by atoms with E-state index in [0.29, 0.717) is 0 Å². The Balaban J connectivity index is 2.24. The van der Waals surface area contributed by atoms with Crippen LogP contribution >= 0.6 is 0 Å². The first-order valence-electron chi connectivity index (χ1n) is 6.59. The molecular weight excluding hydrogens is 170 g/mol. The lowest BCUT2D eigenvalue weighted by Gasteiger charge is -2.25. The summed E-state index contributed by atoms with van der Waals surface area (Å²) < 4.78 is 0. The maximum Gasteiger partial charge on any atom is 0.000954 e. The first-order chi connectivity index (χ1) is 6.86. The van der Waals surface area contributed by atoms with Crippen molar-refractivity contribution in [2.75, 3.05) is 19.6 Å². The summed E-state index contributed by atoms with van der Waals surface area (Å²) in [4.78, 5) is 2.63. The lowest BCUT2D eigenvalue weighted by atomic mass is 10.00. The van der Waals surface area contributed by atoms with Crippen LogP contribution in [0.25, 0.3) is 0 Å². The van der Waals surface area contributed by atoms with Gasteiger partial charge in [0.15, 0.2) is 0 Å². The van der Waals surface area contributed by atoms with E-state index in [2.05, 4.69) is 18.7 Å². The first kappa shape index (κ1) is 12.0. The lowest BCUT2D eigenvalue weighted by molar-refractivity contribution is 0.229. The fraction of sp³-hybridized carbons (Fsp3) is 1.00. The summed E-state index contributed by atoms with van der Waals surface area (Å²) >= 11 is 0. The van der Waals surface area contributed by atoms with Gasteiger partial charge in [0.05, 0.1) is 0 Å². The molecule has 0 spiro atoms. The van der Waals surface area contributed by atoms with Gasteiger partial charge < -0.3 is 4.90 Å². The number of hydrogen-bond donors (Lipinski definition) is 0. The summed E-state index contributed by atoms with van der Waals surface area (Å²) in [5.74, 6) is 1.00. The standard InChI is InChI=1S/C13H27N/c1-3-11-14(4-2)12-13-9-7-5-6-8-10-13/h13H,3-12H2,1-2H3. The molecule has 1 rings (SSSR count). The molecule has 14 heavy (non-hydrogen) atoms. The summed E-state index contributed by atoms with van der Waals surface area (Å²) in [7, 11) is 0. The van der Waals surface area contributed by atoms with Gasteiger partial charge in [0.25, 0.3) is 0 Å². The Morgan fingerprint density at radius 3 is 2.14 bits per heavy atom. The van der Waals surface area contributed by atoms with Crippen molar-refractivity contribution in [3.05, 3.63) is 0 Å². The molecule has 0 aromatic carbocycles. The Hall–Kier alpha value is -0.0400. The Morgan fingerprint density at radius 2 is 1.64 bits per heavy atom. The molecule has 0 N–H and O–H groups in total. The van der Waals surface area contributed by atoms with Crippen molar-refractivity contribution in [3.63, 3.8) is 0 Å². The van der Waals surface area contributed by atoms with Crippen LogP contribution in [0.15, 0.2) is 0 Å². The Bertz CT molecular complexity index is 125. The van der Waals surface area contributed by atoms with Gasteiger partial charge >= 0.3 is 0 Å². The largest absolute Gasteiger partial charge is 0.303 e. The molecule has 0 aromatic heterocycles. The van der Waals surface area contributed by atoms with Gasteiger partial charge in [0, 0.05) is 6.54 Å². The second-order valence-electron chi connectivity index (χ2n) is 4.75. The minimum absolute atomic E-state index is 1.00. The van der Waals surface area contributed by atoms with Crippen LogP contribution in [-0.4, -0.2) is 24.5 Å². The highest BCUT2D eigenvalue weighted by Gasteiger charge is 2.14. The Morgan fingerprint density at radius 1 is 1.00 bits per heavy atom. The molecule has 1 heteroatoms. The molecule has 0 unspecified atom stereocenters. The normalized spacial score (nSPS) is 19.9. The fourth-order valence-electron chi connectivity index (χ4n) is 2.61. The maximum atomic E-state index is 2.63. The zero-order valence-electron chi connectivity index (χ0n) is 10.1. The van der Waals surface area contributed by atoms with Gasteiger partial charge in [0.1, 0.15) is 0 Å². The van der Waals surface area contributed by atoms with E-state index in [9.17, 15) is 0 Å². The topological polar surface area (TPSA) is 3.24 Å². The van der Waals surface area contributed by atoms with Crippen LogP contribution in [-0.2, 0) is 0 Å². The first-order valence-corrected chi connectivity index (χ1v) is 6.59. The predicted molar refractivity (Wildman–Crippen MR) is 63.6 cm³/mol. The average molecular weight is 197 g/mol. The minimum atomic E-state index is 1.00. The molecule has 0 radical (unpaired) electrons. The summed E-state index contributed by atoms with van der Waals surface area (Å²) in [6, 6.07) is 0. The Kier molecular flexibility index (Phi) is 6.25. The molecular formula is C13H27N. The number of hydrogen-bond acceptors (Lipinski definition) is 1. The fourth-order valence-corrected chi connectivity index (χ4v) is 2.61. The average Bonchev–Trinajstić information content (AvgIpc) is 2.45. The van der Waals surface area contributed by atoms with E-state index in [4.69, 9.17) is 0 Å². The van der Waals surface area contributed by atoms with Crippen LogP contribution in [0.3, 0.4) is 0 Å². The molecule has 0 aliphatic heterocycles. The molecule has 0 bridgehead atoms. The third kappa shape index (κ3) is 4.45. The number of nitrogens with zero attached hydrogens (tertiary/aromatic N) is 1. The highest BCUT2D eigenvalue weighted by atomic mass is 15.1. The van der Waals surface area contributed by atoms with Crippen LogP contribution in [0, 0.1) is 5.92 Å². The second-order valence-corrected chi connectivity index (χ2v) is 4.75. The summed E-state index contributed by atoms with van der Waals surface area (Å²) in [5, 5.41) is 0. The van der Waals surface area contributed by atoms with Crippen molar-refractivity contribution in [2.24, 2.45) is 5.92 Å². The lowest BCUT2D eigenvalue weighted by Crippen LogP contribution is -2.30. The van der Waals surface area contributed by atoms with E-state index < -0.39 is 0 Å². The van der Waals surface area contributed by atoms with E-state index in [1.807, 2.05) is 0 Å². The van der Waals surface area contributed by atoms with E-state index in [1.165, 1.54) is 64.6 Å². The van der Waals surface area contributed by atoms with E-state index >= 15 is 0 Å². The third-order valence-electron chi connectivity index (χ3n) is 3.48. The third-order valence-corrected chi connectivity index (χ3v) is 3.48. The quantitative estimate of drug-likeness (QED) is 0.608. The molecule has 0 atom stereocenters. The summed E-state index contributed by atoms with van der Waals surface area (Å²) in [6.07, 6.45) is 10.2. The van der Waals surface area contributed by atoms with Gasteiger partial charge in [-0.2, -0.15) is 0 Å². The zero-order chi connectivity index (χ0) is 10.2. The SMILES string of the molecule is CCCN(CC)CC1CCCCCC1. The number of rotatable bonds is 5. The van der Waals surface area contributed by atoms with Crippen LogP contribution in [0.5, 0.6) is 0 Å². The van der Waals surface area contributed by atoms with Gasteiger partial charge in [-0.15, -0.1) is 0 Å². The molecule has 0 heterocycles. The van der Waals surface area contributed by atoms with Gasteiger partial charge in [-0.3, -0.25) is 0 Å². The van der Waals surface area contributed by atoms with Crippen LogP contribution < -0.4 is 0 Å². The summed E-state index contributed by atoms with van der Waals surface area (Å²) in [5.41, 5.74) is 0. The predicted octanol–water partition coefficient (Wildman–Crippen LogP) is 3.69. The van der Waals surface area contributed by atoms with Gasteiger partial charge in [-0.1, -0.05) is 39.5 Å². The van der Waals surface area contributed by atoms with Crippen molar-refractivity contribution >= 4 is 0 Å². The van der Waals surface area contributed by atoms with Gasteiger partial charge in [-0.05, 0) is 38.3 Å². The van der Waals surface area contributed by atoms with E-state index in [0.717, 1.165) is 5.92 Å². The molecule has 0 saturated heterocycles. The van der Waals surface area contributed by atoms with Crippen molar-refractivity contribution in [2.45, 2.75) is 58.8 Å². The molecule has 1 nitrogen and oxygen atoms in total. The maximum absolute atomic E-state index is 2.63. The highest BCUT2D eigenvalue weighted by Crippen LogP contribution is 2.23. The van der Waals surface area contributed by atoms with Gasteiger partial charge in [0.2, 0.25) is 0 Å². The van der Waals surface area contributed by atoms with Crippen molar-refractivity contribution in [3.8, 4) is 0 Å².